The number of carbonyl (C=O) groups is 2. The molecule has 0 unspecified atom stereocenters. The van der Waals surface area contributed by atoms with Crippen LogP contribution in [0.3, 0.4) is 0 Å². The van der Waals surface area contributed by atoms with Crippen molar-refractivity contribution in [2.45, 2.75) is 43.0 Å². The molecule has 1 saturated heterocycles. The Labute approximate surface area is 220 Å². The number of rotatable bonds is 11. The minimum atomic E-state index is -3.26. The van der Waals surface area contributed by atoms with Crippen molar-refractivity contribution in [1.82, 2.24) is 9.80 Å². The first-order chi connectivity index (χ1) is 17.8. The number of hydrogen-bond donors (Lipinski definition) is 0. The van der Waals surface area contributed by atoms with Crippen molar-refractivity contribution in [3.8, 4) is 0 Å². The molecule has 2 aliphatic rings. The molecule has 2 aromatic carbocycles. The molecule has 0 atom stereocenters. The summed E-state index contributed by atoms with van der Waals surface area (Å²) in [5.41, 5.74) is 1.76. The van der Waals surface area contributed by atoms with E-state index < -0.39 is 9.84 Å². The first kappa shape index (κ1) is 27.1. The maximum Gasteiger partial charge on any atom is 0.230 e. The highest BCUT2D eigenvalue weighted by atomic mass is 32.2. The summed E-state index contributed by atoms with van der Waals surface area (Å²) in [4.78, 5) is 32.6. The van der Waals surface area contributed by atoms with Gasteiger partial charge in [0.15, 0.2) is 9.84 Å². The second kappa shape index (κ2) is 12.0. The second-order valence-electron chi connectivity index (χ2n) is 10.1. The van der Waals surface area contributed by atoms with Gasteiger partial charge in [-0.05, 0) is 55.5 Å². The van der Waals surface area contributed by atoms with Gasteiger partial charge in [-0.25, -0.2) is 8.42 Å². The van der Waals surface area contributed by atoms with E-state index in [0.29, 0.717) is 13.1 Å². The van der Waals surface area contributed by atoms with Gasteiger partial charge in [0, 0.05) is 56.6 Å². The first-order valence-corrected chi connectivity index (χ1v) is 14.9. The number of hydrogen-bond acceptors (Lipinski definition) is 5. The molecule has 37 heavy (non-hydrogen) atoms. The molecule has 1 saturated carbocycles. The zero-order valence-corrected chi connectivity index (χ0v) is 22.4. The molecule has 0 radical (unpaired) electrons. The smallest absolute Gasteiger partial charge is 0.230 e. The summed E-state index contributed by atoms with van der Waals surface area (Å²) in [7, 11) is -3.26. The van der Waals surface area contributed by atoms with Crippen LogP contribution in [0.1, 0.15) is 31.2 Å². The number of benzene rings is 2. The van der Waals surface area contributed by atoms with E-state index >= 15 is 0 Å². The van der Waals surface area contributed by atoms with E-state index in [-0.39, 0.29) is 35.1 Å². The highest BCUT2D eigenvalue weighted by molar-refractivity contribution is 7.90. The third-order valence-corrected chi connectivity index (χ3v) is 8.38. The van der Waals surface area contributed by atoms with E-state index in [4.69, 9.17) is 0 Å². The Hall–Kier alpha value is -2.97. The zero-order valence-electron chi connectivity index (χ0n) is 21.6. The van der Waals surface area contributed by atoms with Gasteiger partial charge in [-0.15, -0.1) is 6.58 Å². The van der Waals surface area contributed by atoms with Gasteiger partial charge in [0.25, 0.3) is 0 Å². The summed E-state index contributed by atoms with van der Waals surface area (Å²) in [6.45, 7) is 7.55. The van der Waals surface area contributed by atoms with Crippen molar-refractivity contribution in [1.29, 1.82) is 0 Å². The van der Waals surface area contributed by atoms with Crippen LogP contribution in [-0.4, -0.2) is 75.1 Å². The van der Waals surface area contributed by atoms with E-state index in [1.165, 1.54) is 6.26 Å². The van der Waals surface area contributed by atoms with Crippen LogP contribution in [0.2, 0.25) is 0 Å². The van der Waals surface area contributed by atoms with Gasteiger partial charge in [-0.2, -0.15) is 0 Å². The predicted molar refractivity (Wildman–Crippen MR) is 146 cm³/mol. The van der Waals surface area contributed by atoms with Crippen molar-refractivity contribution in [2.75, 3.05) is 43.9 Å². The van der Waals surface area contributed by atoms with Crippen LogP contribution in [0.25, 0.3) is 0 Å². The highest BCUT2D eigenvalue weighted by Gasteiger charge is 2.34. The predicted octanol–water partition coefficient (Wildman–Crippen LogP) is 3.55. The Morgan fingerprint density at radius 1 is 1.00 bits per heavy atom. The molecule has 1 heterocycles. The van der Waals surface area contributed by atoms with E-state index in [9.17, 15) is 18.0 Å². The Kier molecular flexibility index (Phi) is 8.82. The van der Waals surface area contributed by atoms with Gasteiger partial charge in [0.2, 0.25) is 11.8 Å². The SMILES string of the molecule is C=CCN(C(=O)Cc1ccc(S(C)(=O)=O)cc1)C1CCN(CCN(C(=O)C2CC2)c2ccccc2)CC1. The third-order valence-electron chi connectivity index (χ3n) is 7.25. The van der Waals surface area contributed by atoms with Crippen LogP contribution in [0.4, 0.5) is 5.69 Å². The normalized spacial score (nSPS) is 16.8. The maximum atomic E-state index is 13.2. The molecule has 0 bridgehead atoms. The second-order valence-corrected chi connectivity index (χ2v) is 12.1. The molecular weight excluding hydrogens is 486 g/mol. The van der Waals surface area contributed by atoms with E-state index in [0.717, 1.165) is 56.6 Å². The molecule has 4 rings (SSSR count). The van der Waals surface area contributed by atoms with E-state index in [1.807, 2.05) is 40.1 Å². The lowest BCUT2D eigenvalue weighted by Crippen LogP contribution is -2.49. The number of amides is 2. The quantitative estimate of drug-likeness (QED) is 0.421. The Balaban J connectivity index is 1.31. The van der Waals surface area contributed by atoms with Crippen molar-refractivity contribution < 1.29 is 18.0 Å². The minimum Gasteiger partial charge on any atom is -0.336 e. The molecule has 2 fully saturated rings. The summed E-state index contributed by atoms with van der Waals surface area (Å²) >= 11 is 0. The van der Waals surface area contributed by atoms with Crippen LogP contribution in [0, 0.1) is 5.92 Å². The van der Waals surface area contributed by atoms with Crippen LogP contribution >= 0.6 is 0 Å². The van der Waals surface area contributed by atoms with Gasteiger partial charge in [-0.3, -0.25) is 9.59 Å². The van der Waals surface area contributed by atoms with Gasteiger partial charge in [0.05, 0.1) is 11.3 Å². The fourth-order valence-corrected chi connectivity index (χ4v) is 5.58. The zero-order chi connectivity index (χ0) is 26.4. The van der Waals surface area contributed by atoms with Crippen LogP contribution in [0.5, 0.6) is 0 Å². The number of sulfone groups is 1. The maximum absolute atomic E-state index is 13.2. The lowest BCUT2D eigenvalue weighted by Gasteiger charge is -2.39. The lowest BCUT2D eigenvalue weighted by molar-refractivity contribution is -0.133. The van der Waals surface area contributed by atoms with Crippen molar-refractivity contribution in [2.24, 2.45) is 5.92 Å². The van der Waals surface area contributed by atoms with Crippen molar-refractivity contribution in [3.63, 3.8) is 0 Å². The first-order valence-electron chi connectivity index (χ1n) is 13.0. The fraction of sp³-hybridized carbons (Fsp3) is 0.448. The molecule has 198 valence electrons. The Morgan fingerprint density at radius 2 is 1.65 bits per heavy atom. The van der Waals surface area contributed by atoms with Crippen molar-refractivity contribution in [3.05, 3.63) is 72.8 Å². The minimum absolute atomic E-state index is 0.0238. The van der Waals surface area contributed by atoms with Crippen LogP contribution < -0.4 is 4.90 Å². The molecule has 2 amide bonds. The molecule has 0 spiro atoms. The topological polar surface area (TPSA) is 78.0 Å². The molecule has 2 aromatic rings. The number of carbonyl (C=O) groups excluding carboxylic acids is 2. The standard InChI is InChI=1S/C29H37N3O4S/c1-3-17-31(28(33)22-23-9-13-27(14-10-23)37(2,35)36)26-15-18-30(19-16-26)20-21-32(29(34)24-11-12-24)25-7-5-4-6-8-25/h3-10,13-14,24,26H,1,11-12,15-22H2,2H3. The number of likely N-dealkylation sites (tertiary alicyclic amines) is 1. The molecule has 8 heteroatoms. The van der Waals surface area contributed by atoms with E-state index in [1.54, 1.807) is 30.3 Å². The monoisotopic (exact) mass is 523 g/mol. The summed E-state index contributed by atoms with van der Waals surface area (Å²) in [5, 5.41) is 0. The number of anilines is 1. The van der Waals surface area contributed by atoms with Crippen LogP contribution in [0.15, 0.2) is 72.1 Å². The molecule has 0 N–H and O–H groups in total. The number of para-hydroxylation sites is 1. The lowest BCUT2D eigenvalue weighted by atomic mass is 10.0. The molecule has 1 aliphatic heterocycles. The average molecular weight is 524 g/mol. The molecule has 7 nitrogen and oxygen atoms in total. The fourth-order valence-electron chi connectivity index (χ4n) is 4.95. The van der Waals surface area contributed by atoms with Crippen LogP contribution in [-0.2, 0) is 25.8 Å². The van der Waals surface area contributed by atoms with Gasteiger partial charge < -0.3 is 14.7 Å². The van der Waals surface area contributed by atoms with E-state index in [2.05, 4.69) is 11.5 Å². The summed E-state index contributed by atoms with van der Waals surface area (Å²) in [6.07, 6.45) is 6.88. The largest absolute Gasteiger partial charge is 0.336 e. The summed E-state index contributed by atoms with van der Waals surface area (Å²) in [5.74, 6) is 0.427. The Morgan fingerprint density at radius 3 is 2.22 bits per heavy atom. The molecular formula is C29H37N3O4S. The third kappa shape index (κ3) is 7.29. The highest BCUT2D eigenvalue weighted by Crippen LogP contribution is 2.32. The number of nitrogens with zero attached hydrogens (tertiary/aromatic N) is 3. The summed E-state index contributed by atoms with van der Waals surface area (Å²) in [6, 6.07) is 16.6. The average Bonchev–Trinajstić information content (AvgIpc) is 3.74. The van der Waals surface area contributed by atoms with Gasteiger partial charge >= 0.3 is 0 Å². The Bertz CT molecular complexity index is 1190. The number of piperidine rings is 1. The summed E-state index contributed by atoms with van der Waals surface area (Å²) < 4.78 is 23.4. The molecule has 0 aromatic heterocycles. The van der Waals surface area contributed by atoms with Gasteiger partial charge in [0.1, 0.15) is 0 Å². The molecule has 1 aliphatic carbocycles. The van der Waals surface area contributed by atoms with Crippen molar-refractivity contribution >= 4 is 27.3 Å². The van der Waals surface area contributed by atoms with Gasteiger partial charge in [-0.1, -0.05) is 36.4 Å².